The Balaban J connectivity index is 1.33. The molecule has 0 saturated carbocycles. The van der Waals surface area contributed by atoms with E-state index < -0.39 is 29.4 Å². The summed E-state index contributed by atoms with van der Waals surface area (Å²) in [5.74, 6) is -1.60. The van der Waals surface area contributed by atoms with Crippen molar-refractivity contribution in [2.24, 2.45) is 5.41 Å². The lowest BCUT2D eigenvalue weighted by atomic mass is 9.86. The topological polar surface area (TPSA) is 118 Å². The average molecular weight is 494 g/mol. The van der Waals surface area contributed by atoms with Crippen LogP contribution in [0.15, 0.2) is 53.9 Å². The number of thiazole rings is 1. The summed E-state index contributed by atoms with van der Waals surface area (Å²) in [6.45, 7) is 5.41. The first-order chi connectivity index (χ1) is 16.6. The fraction of sp³-hybridized carbons (Fsp3) is 0.308. The number of amides is 2. The molecule has 0 bridgehead atoms. The molecule has 1 aliphatic rings. The van der Waals surface area contributed by atoms with Crippen LogP contribution in [0.2, 0.25) is 0 Å². The van der Waals surface area contributed by atoms with E-state index in [1.807, 2.05) is 36.4 Å². The molecule has 8 nitrogen and oxygen atoms in total. The Morgan fingerprint density at radius 2 is 1.66 bits per heavy atom. The third-order valence-electron chi connectivity index (χ3n) is 5.86. The van der Waals surface area contributed by atoms with Gasteiger partial charge in [0.25, 0.3) is 0 Å². The fourth-order valence-corrected chi connectivity index (χ4v) is 4.89. The number of rotatable bonds is 7. The van der Waals surface area contributed by atoms with Crippen LogP contribution in [0.25, 0.3) is 11.1 Å². The van der Waals surface area contributed by atoms with Crippen LogP contribution in [0.3, 0.4) is 0 Å². The molecule has 1 atom stereocenters. The Morgan fingerprint density at radius 1 is 1.06 bits per heavy atom. The zero-order chi connectivity index (χ0) is 25.2. The summed E-state index contributed by atoms with van der Waals surface area (Å²) in [4.78, 5) is 40.5. The number of carboxylic acid groups (broad SMARTS) is 1. The molecule has 2 aromatic carbocycles. The molecular formula is C26H27N3O5S. The molecular weight excluding hydrogens is 466 g/mol. The molecule has 35 heavy (non-hydrogen) atoms. The number of nitrogens with zero attached hydrogens (tertiary/aromatic N) is 1. The molecule has 0 spiro atoms. The van der Waals surface area contributed by atoms with Crippen LogP contribution in [-0.2, 0) is 20.7 Å². The van der Waals surface area contributed by atoms with E-state index in [1.165, 1.54) is 11.3 Å². The van der Waals surface area contributed by atoms with Crippen LogP contribution in [0, 0.1) is 5.41 Å². The van der Waals surface area contributed by atoms with Crippen molar-refractivity contribution in [1.82, 2.24) is 10.3 Å². The maximum absolute atomic E-state index is 12.4. The first-order valence-electron chi connectivity index (χ1n) is 11.2. The highest BCUT2D eigenvalue weighted by atomic mass is 32.1. The molecule has 4 rings (SSSR count). The third kappa shape index (κ3) is 5.51. The summed E-state index contributed by atoms with van der Waals surface area (Å²) in [5, 5.41) is 16.5. The van der Waals surface area contributed by atoms with Gasteiger partial charge in [0.2, 0.25) is 5.91 Å². The van der Waals surface area contributed by atoms with Gasteiger partial charge in [-0.05, 0) is 27.7 Å². The van der Waals surface area contributed by atoms with Gasteiger partial charge in [0.15, 0.2) is 5.13 Å². The van der Waals surface area contributed by atoms with E-state index in [0.29, 0.717) is 10.8 Å². The van der Waals surface area contributed by atoms with Crippen LogP contribution in [0.5, 0.6) is 0 Å². The second kappa shape index (κ2) is 9.87. The fourth-order valence-electron chi connectivity index (χ4n) is 4.19. The number of aromatic nitrogens is 1. The van der Waals surface area contributed by atoms with Crippen molar-refractivity contribution in [2.45, 2.75) is 39.2 Å². The Kier molecular flexibility index (Phi) is 6.88. The number of hydrogen-bond acceptors (Lipinski definition) is 6. The number of hydrogen-bond donors (Lipinski definition) is 3. The smallest absolute Gasteiger partial charge is 0.413 e. The molecule has 1 aromatic heterocycles. The lowest BCUT2D eigenvalue weighted by molar-refractivity contribution is -0.144. The predicted octanol–water partition coefficient (Wildman–Crippen LogP) is 4.66. The van der Waals surface area contributed by atoms with Gasteiger partial charge in [0, 0.05) is 11.3 Å². The van der Waals surface area contributed by atoms with E-state index in [9.17, 15) is 19.5 Å². The van der Waals surface area contributed by atoms with Gasteiger partial charge >= 0.3 is 12.1 Å². The van der Waals surface area contributed by atoms with Crippen molar-refractivity contribution in [1.29, 1.82) is 0 Å². The molecule has 182 valence electrons. The van der Waals surface area contributed by atoms with Gasteiger partial charge in [0.1, 0.15) is 12.6 Å². The van der Waals surface area contributed by atoms with Gasteiger partial charge in [-0.1, -0.05) is 69.3 Å². The molecule has 1 aliphatic carbocycles. The molecule has 0 aliphatic heterocycles. The Labute approximate surface area is 207 Å². The number of carboxylic acids is 1. The maximum Gasteiger partial charge on any atom is 0.413 e. The summed E-state index contributed by atoms with van der Waals surface area (Å²) in [7, 11) is 0. The zero-order valence-corrected chi connectivity index (χ0v) is 20.5. The Bertz CT molecular complexity index is 1220. The van der Waals surface area contributed by atoms with Crippen LogP contribution in [0.1, 0.15) is 43.5 Å². The first-order valence-corrected chi connectivity index (χ1v) is 12.1. The molecule has 0 saturated heterocycles. The van der Waals surface area contributed by atoms with Crippen molar-refractivity contribution >= 4 is 34.4 Å². The number of ether oxygens (including phenoxy) is 1. The number of aliphatic carboxylic acids is 1. The number of anilines is 1. The molecule has 2 amide bonds. The molecule has 0 fully saturated rings. The number of benzene rings is 2. The highest BCUT2D eigenvalue weighted by Crippen LogP contribution is 2.44. The minimum atomic E-state index is -1.10. The SMILES string of the molecule is CC(C)(C)C(NC(=O)Cc1csc(NC(=O)OCC2c3ccccc3-c3ccccc32)n1)C(=O)O. The van der Waals surface area contributed by atoms with Gasteiger partial charge in [-0.2, -0.15) is 0 Å². The number of fused-ring (bicyclic) bond motifs is 3. The Hall–Kier alpha value is -3.72. The van der Waals surface area contributed by atoms with Crippen molar-refractivity contribution in [3.63, 3.8) is 0 Å². The molecule has 3 N–H and O–H groups in total. The zero-order valence-electron chi connectivity index (χ0n) is 19.7. The first kappa shape index (κ1) is 24.4. The standard InChI is InChI=1S/C26H27N3O5S/c1-26(2,3)22(23(31)32)28-21(30)12-15-14-35-24(27-15)29-25(33)34-13-20-18-10-6-4-8-16(18)17-9-5-7-11-19(17)20/h4-11,14,20,22H,12-13H2,1-3H3,(H,28,30)(H,31,32)(H,27,29,33). The summed E-state index contributed by atoms with van der Waals surface area (Å²) < 4.78 is 5.52. The van der Waals surface area contributed by atoms with Gasteiger partial charge in [-0.25, -0.2) is 14.6 Å². The summed E-state index contributed by atoms with van der Waals surface area (Å²) >= 11 is 1.17. The van der Waals surface area contributed by atoms with Crippen LogP contribution < -0.4 is 10.6 Å². The second-order valence-electron chi connectivity index (χ2n) is 9.48. The maximum atomic E-state index is 12.4. The number of carbonyl (C=O) groups excluding carboxylic acids is 2. The number of nitrogens with one attached hydrogen (secondary N) is 2. The van der Waals surface area contributed by atoms with Crippen molar-refractivity contribution < 1.29 is 24.2 Å². The van der Waals surface area contributed by atoms with Crippen LogP contribution in [-0.4, -0.2) is 40.7 Å². The van der Waals surface area contributed by atoms with E-state index in [-0.39, 0.29) is 18.9 Å². The van der Waals surface area contributed by atoms with E-state index in [0.717, 1.165) is 22.3 Å². The Morgan fingerprint density at radius 3 is 2.23 bits per heavy atom. The van der Waals surface area contributed by atoms with Crippen LogP contribution in [0.4, 0.5) is 9.93 Å². The van der Waals surface area contributed by atoms with E-state index >= 15 is 0 Å². The van der Waals surface area contributed by atoms with E-state index in [1.54, 1.807) is 26.2 Å². The highest BCUT2D eigenvalue weighted by molar-refractivity contribution is 7.13. The monoisotopic (exact) mass is 493 g/mol. The van der Waals surface area contributed by atoms with Crippen molar-refractivity contribution in [3.05, 3.63) is 70.7 Å². The lowest BCUT2D eigenvalue weighted by Crippen LogP contribution is -2.49. The molecule has 0 radical (unpaired) electrons. The predicted molar refractivity (Wildman–Crippen MR) is 134 cm³/mol. The number of carbonyl (C=O) groups is 3. The van der Waals surface area contributed by atoms with Gasteiger partial charge in [-0.3, -0.25) is 10.1 Å². The average Bonchev–Trinajstić information content (AvgIpc) is 3.37. The van der Waals surface area contributed by atoms with Crippen LogP contribution >= 0.6 is 11.3 Å². The van der Waals surface area contributed by atoms with E-state index in [2.05, 4.69) is 27.8 Å². The van der Waals surface area contributed by atoms with E-state index in [4.69, 9.17) is 4.74 Å². The molecule has 9 heteroatoms. The van der Waals surface area contributed by atoms with Gasteiger partial charge < -0.3 is 15.2 Å². The lowest BCUT2D eigenvalue weighted by Gasteiger charge is -2.27. The summed E-state index contributed by atoms with van der Waals surface area (Å²) in [6, 6.07) is 15.2. The quantitative estimate of drug-likeness (QED) is 0.441. The normalized spacial score (nSPS) is 13.5. The molecule has 1 heterocycles. The molecule has 3 aromatic rings. The third-order valence-corrected chi connectivity index (χ3v) is 6.67. The van der Waals surface area contributed by atoms with Gasteiger partial charge in [0.05, 0.1) is 12.1 Å². The van der Waals surface area contributed by atoms with Gasteiger partial charge in [-0.15, -0.1) is 11.3 Å². The minimum Gasteiger partial charge on any atom is -0.480 e. The summed E-state index contributed by atoms with van der Waals surface area (Å²) in [5.41, 5.74) is 4.34. The molecule has 1 unspecified atom stereocenters. The largest absolute Gasteiger partial charge is 0.480 e. The minimum absolute atomic E-state index is 0.0475. The highest BCUT2D eigenvalue weighted by Gasteiger charge is 2.33. The van der Waals surface area contributed by atoms with Crippen molar-refractivity contribution in [3.8, 4) is 11.1 Å². The summed E-state index contributed by atoms with van der Waals surface area (Å²) in [6.07, 6.45) is -0.723. The second-order valence-corrected chi connectivity index (χ2v) is 10.3. The van der Waals surface area contributed by atoms with Crippen molar-refractivity contribution in [2.75, 3.05) is 11.9 Å².